The Morgan fingerprint density at radius 1 is 1.23 bits per heavy atom. The summed E-state index contributed by atoms with van der Waals surface area (Å²) < 4.78 is 24.8. The fourth-order valence-corrected chi connectivity index (χ4v) is 5.27. The lowest BCUT2D eigenvalue weighted by Gasteiger charge is -2.36. The predicted molar refractivity (Wildman–Crippen MR) is 135 cm³/mol. The van der Waals surface area contributed by atoms with Crippen molar-refractivity contribution in [1.82, 2.24) is 15.1 Å². The van der Waals surface area contributed by atoms with Crippen LogP contribution < -0.4 is 10.2 Å². The Balaban J connectivity index is 1.63. The smallest absolute Gasteiger partial charge is 0.251 e. The van der Waals surface area contributed by atoms with Crippen LogP contribution in [0.2, 0.25) is 0 Å². The molecule has 35 heavy (non-hydrogen) atoms. The van der Waals surface area contributed by atoms with Crippen molar-refractivity contribution in [1.29, 1.82) is 0 Å². The van der Waals surface area contributed by atoms with Gasteiger partial charge in [-0.15, -0.1) is 0 Å². The van der Waals surface area contributed by atoms with E-state index < -0.39 is 21.3 Å². The highest BCUT2D eigenvalue weighted by molar-refractivity contribution is 7.90. The molecule has 186 valence electrons. The molecule has 2 amide bonds. The number of nitrogens with one attached hydrogen (secondary N) is 2. The van der Waals surface area contributed by atoms with Crippen LogP contribution in [0.4, 0.5) is 0 Å². The monoisotopic (exact) mass is 516 g/mol. The van der Waals surface area contributed by atoms with Gasteiger partial charge >= 0.3 is 0 Å². The second-order valence-electron chi connectivity index (χ2n) is 9.56. The summed E-state index contributed by atoms with van der Waals surface area (Å²) in [5.74, 6) is 0.00427. The van der Waals surface area contributed by atoms with E-state index in [-0.39, 0.29) is 41.3 Å². The molecule has 4 rings (SSSR count). The molecule has 1 aliphatic heterocycles. The van der Waals surface area contributed by atoms with Gasteiger partial charge in [0, 0.05) is 23.6 Å². The number of hydrogen-bond acceptors (Lipinski definition) is 6. The zero-order valence-electron chi connectivity index (χ0n) is 19.9. The largest absolute Gasteiger partial charge is 0.346 e. The summed E-state index contributed by atoms with van der Waals surface area (Å²) in [6.45, 7) is 3.83. The molecule has 2 aromatic carbocycles. The van der Waals surface area contributed by atoms with Crippen molar-refractivity contribution in [3.8, 4) is 0 Å². The van der Waals surface area contributed by atoms with Crippen molar-refractivity contribution in [3.63, 3.8) is 0 Å². The molecule has 1 aliphatic carbocycles. The molecule has 2 atom stereocenters. The van der Waals surface area contributed by atoms with E-state index >= 15 is 0 Å². The van der Waals surface area contributed by atoms with E-state index in [1.54, 1.807) is 6.07 Å². The molecule has 1 fully saturated rings. The minimum absolute atomic E-state index is 0.00267. The van der Waals surface area contributed by atoms with Crippen molar-refractivity contribution in [2.45, 2.75) is 56.1 Å². The Morgan fingerprint density at radius 2 is 1.91 bits per heavy atom. The van der Waals surface area contributed by atoms with Crippen molar-refractivity contribution in [2.75, 3.05) is 6.26 Å². The first kappa shape index (κ1) is 25.2. The molecular weight excluding hydrogens is 488 g/mol. The summed E-state index contributed by atoms with van der Waals surface area (Å²) in [6.07, 6.45) is 3.38. The minimum Gasteiger partial charge on any atom is -0.346 e. The Kier molecular flexibility index (Phi) is 6.92. The molecule has 2 N–H and O–H groups in total. The molecule has 0 radical (unpaired) electrons. The molecule has 0 saturated heterocycles. The van der Waals surface area contributed by atoms with Crippen LogP contribution >= 0.6 is 11.8 Å². The molecule has 1 saturated carbocycles. The molecule has 0 aromatic heterocycles. The SMILES string of the molecule is C[C@H](NC(=O)c1cc(CN2C(=O)C[C@@](C)(C3CC3)N=C2NCl)cc(S(C)(=O)=O)c1)c1ccccc1. The van der Waals surface area contributed by atoms with Crippen LogP contribution in [-0.2, 0) is 21.2 Å². The lowest BCUT2D eigenvalue weighted by Crippen LogP contribution is -2.51. The number of benzene rings is 2. The van der Waals surface area contributed by atoms with E-state index in [1.807, 2.05) is 44.2 Å². The predicted octanol–water partition coefficient (Wildman–Crippen LogP) is 3.58. The molecule has 2 aliphatic rings. The van der Waals surface area contributed by atoms with Crippen LogP contribution in [-0.4, -0.2) is 42.9 Å². The molecule has 0 unspecified atom stereocenters. The summed E-state index contributed by atoms with van der Waals surface area (Å²) in [4.78, 5) is 34.7. The zero-order valence-corrected chi connectivity index (χ0v) is 21.5. The van der Waals surface area contributed by atoms with Gasteiger partial charge in [0.2, 0.25) is 11.9 Å². The van der Waals surface area contributed by atoms with Gasteiger partial charge in [0.05, 0.1) is 29.4 Å². The highest BCUT2D eigenvalue weighted by Crippen LogP contribution is 2.45. The zero-order chi connectivity index (χ0) is 25.4. The van der Waals surface area contributed by atoms with Gasteiger partial charge in [0.15, 0.2) is 9.84 Å². The lowest BCUT2D eigenvalue weighted by atomic mass is 9.90. The number of hydrogen-bond donors (Lipinski definition) is 2. The quantitative estimate of drug-likeness (QED) is 0.547. The number of nitrogens with zero attached hydrogens (tertiary/aromatic N) is 2. The number of guanidine groups is 1. The third-order valence-electron chi connectivity index (χ3n) is 6.61. The number of halogens is 1. The van der Waals surface area contributed by atoms with Crippen LogP contribution in [0.15, 0.2) is 58.4 Å². The molecule has 10 heteroatoms. The summed E-state index contributed by atoms with van der Waals surface area (Å²) in [5.41, 5.74) is 1.09. The Bertz CT molecular complexity index is 1280. The topological polar surface area (TPSA) is 108 Å². The van der Waals surface area contributed by atoms with Gasteiger partial charge in [-0.2, -0.15) is 0 Å². The average molecular weight is 517 g/mol. The summed E-state index contributed by atoms with van der Waals surface area (Å²) in [7, 11) is -3.61. The highest BCUT2D eigenvalue weighted by atomic mass is 35.5. The number of carbonyl (C=O) groups is 2. The third-order valence-corrected chi connectivity index (χ3v) is 7.87. The standard InChI is InChI=1S/C25H29ClN4O4S/c1-16(18-7-5-4-6-8-18)27-23(32)19-11-17(12-21(13-19)35(3,33)34)15-30-22(31)14-25(2,20-9-10-20)28-24(30)29-26/h4-8,11-13,16,20H,9-10,14-15H2,1-3H3,(H,27,32)(H,28,29)/t16-,25-/m0/s1. The van der Waals surface area contributed by atoms with E-state index in [2.05, 4.69) is 10.2 Å². The molecule has 8 nitrogen and oxygen atoms in total. The van der Waals surface area contributed by atoms with Gasteiger partial charge in [-0.25, -0.2) is 13.4 Å². The van der Waals surface area contributed by atoms with Gasteiger partial charge in [-0.05, 0) is 61.9 Å². The maximum absolute atomic E-state index is 13.1. The van der Waals surface area contributed by atoms with Crippen LogP contribution in [0.5, 0.6) is 0 Å². The number of sulfone groups is 1. The van der Waals surface area contributed by atoms with Crippen LogP contribution in [0, 0.1) is 5.92 Å². The van der Waals surface area contributed by atoms with Crippen molar-refractivity contribution in [3.05, 3.63) is 65.2 Å². The summed E-state index contributed by atoms with van der Waals surface area (Å²) in [6, 6.07) is 13.6. The van der Waals surface area contributed by atoms with E-state index in [4.69, 9.17) is 16.8 Å². The first-order chi connectivity index (χ1) is 16.5. The second-order valence-corrected chi connectivity index (χ2v) is 11.8. The van der Waals surface area contributed by atoms with Gasteiger partial charge < -0.3 is 5.32 Å². The second kappa shape index (κ2) is 9.62. The first-order valence-corrected chi connectivity index (χ1v) is 13.7. The Hall–Kier alpha value is -2.91. The highest BCUT2D eigenvalue weighted by Gasteiger charge is 2.47. The number of amides is 2. The van der Waals surface area contributed by atoms with E-state index in [0.29, 0.717) is 11.5 Å². The Morgan fingerprint density at radius 3 is 2.51 bits per heavy atom. The molecule has 1 heterocycles. The summed E-state index contributed by atoms with van der Waals surface area (Å²) >= 11 is 5.93. The molecular formula is C25H29ClN4O4S. The Labute approximate surface area is 210 Å². The number of rotatable bonds is 7. The summed E-state index contributed by atoms with van der Waals surface area (Å²) in [5, 5.41) is 2.91. The van der Waals surface area contributed by atoms with Gasteiger partial charge in [-0.3, -0.25) is 19.3 Å². The maximum atomic E-state index is 13.1. The van der Waals surface area contributed by atoms with Gasteiger partial charge in [0.25, 0.3) is 5.91 Å². The van der Waals surface area contributed by atoms with E-state index in [0.717, 1.165) is 24.7 Å². The normalized spacial score (nSPS) is 21.3. The number of carbonyl (C=O) groups excluding carboxylic acids is 2. The van der Waals surface area contributed by atoms with E-state index in [9.17, 15) is 18.0 Å². The number of aliphatic imine (C=N–C) groups is 1. The molecule has 0 spiro atoms. The average Bonchev–Trinajstić information content (AvgIpc) is 3.67. The van der Waals surface area contributed by atoms with Gasteiger partial charge in [-0.1, -0.05) is 30.3 Å². The van der Waals surface area contributed by atoms with Crippen molar-refractivity contribution in [2.24, 2.45) is 10.9 Å². The van der Waals surface area contributed by atoms with Crippen LogP contribution in [0.25, 0.3) is 0 Å². The van der Waals surface area contributed by atoms with Crippen LogP contribution in [0.3, 0.4) is 0 Å². The fourth-order valence-electron chi connectivity index (χ4n) is 4.42. The third kappa shape index (κ3) is 5.67. The first-order valence-electron chi connectivity index (χ1n) is 11.5. The van der Waals surface area contributed by atoms with Crippen molar-refractivity contribution < 1.29 is 18.0 Å². The molecule has 0 bridgehead atoms. The minimum atomic E-state index is -3.61. The molecule has 2 aromatic rings. The van der Waals surface area contributed by atoms with E-state index in [1.165, 1.54) is 17.0 Å². The lowest BCUT2D eigenvalue weighted by molar-refractivity contribution is -0.130. The van der Waals surface area contributed by atoms with Gasteiger partial charge in [0.1, 0.15) is 0 Å². The maximum Gasteiger partial charge on any atom is 0.251 e. The fraction of sp³-hybridized carbons (Fsp3) is 0.400. The van der Waals surface area contributed by atoms with Crippen LogP contribution in [0.1, 0.15) is 60.6 Å². The van der Waals surface area contributed by atoms with Crippen molar-refractivity contribution >= 4 is 39.4 Å².